The van der Waals surface area contributed by atoms with Crippen LogP contribution in [0.5, 0.6) is 0 Å². The molecule has 0 aliphatic carbocycles. The minimum atomic E-state index is -0.00960. The van der Waals surface area contributed by atoms with Gasteiger partial charge in [-0.05, 0) is 64.2 Å². The first-order valence-electron chi connectivity index (χ1n) is 12.5. The van der Waals surface area contributed by atoms with Gasteiger partial charge in [-0.15, -0.1) is 0 Å². The predicted molar refractivity (Wildman–Crippen MR) is 144 cm³/mol. The molecule has 2 aromatic heterocycles. The number of piperidine rings is 1. The lowest BCUT2D eigenvalue weighted by Gasteiger charge is -2.32. The molecule has 0 saturated carbocycles. The van der Waals surface area contributed by atoms with Gasteiger partial charge in [0, 0.05) is 19.1 Å². The highest BCUT2D eigenvalue weighted by molar-refractivity contribution is 7.22. The van der Waals surface area contributed by atoms with Crippen molar-refractivity contribution in [2.24, 2.45) is 5.92 Å². The zero-order valence-electron chi connectivity index (χ0n) is 20.7. The number of thiazole rings is 1. The average Bonchev–Trinajstić information content (AvgIpc) is 3.45. The van der Waals surface area contributed by atoms with Crippen molar-refractivity contribution in [1.29, 1.82) is 0 Å². The first kappa shape index (κ1) is 23.5. The molecule has 1 saturated heterocycles. The molecule has 5 rings (SSSR count). The number of rotatable bonds is 7. The molecule has 2 atom stereocenters. The standard InChI is InChI=1S/C28H33N5OS/c1-19-11-15-24(16-12-19)33-26-25(21(3)31-33)35-28(30-26)32-17-7-10-23(18-32)27(34)29-20(2)13-14-22-8-5-4-6-9-22/h4-6,8-9,11-12,15-16,20,23H,7,10,13-14,17-18H2,1-3H3,(H,29,34)/t20-,23+/m1/s1. The number of nitrogens with one attached hydrogen (secondary N) is 1. The molecule has 0 spiro atoms. The molecule has 4 aromatic rings. The second-order valence-electron chi connectivity index (χ2n) is 9.70. The van der Waals surface area contributed by atoms with Gasteiger partial charge in [0.1, 0.15) is 0 Å². The van der Waals surface area contributed by atoms with Gasteiger partial charge in [-0.3, -0.25) is 4.79 Å². The minimum Gasteiger partial charge on any atom is -0.353 e. The Morgan fingerprint density at radius 2 is 1.91 bits per heavy atom. The second kappa shape index (κ2) is 10.2. The summed E-state index contributed by atoms with van der Waals surface area (Å²) in [4.78, 5) is 20.3. The van der Waals surface area contributed by atoms with E-state index in [1.165, 1.54) is 11.1 Å². The lowest BCUT2D eigenvalue weighted by molar-refractivity contribution is -0.125. The van der Waals surface area contributed by atoms with Gasteiger partial charge in [0.15, 0.2) is 10.8 Å². The summed E-state index contributed by atoms with van der Waals surface area (Å²) in [6.07, 6.45) is 3.84. The smallest absolute Gasteiger partial charge is 0.225 e. The number of carbonyl (C=O) groups excluding carboxylic acids is 1. The van der Waals surface area contributed by atoms with Crippen LogP contribution in [0.2, 0.25) is 0 Å². The van der Waals surface area contributed by atoms with Gasteiger partial charge in [0.25, 0.3) is 0 Å². The predicted octanol–water partition coefficient (Wildman–Crippen LogP) is 5.45. The van der Waals surface area contributed by atoms with Crippen molar-refractivity contribution in [3.63, 3.8) is 0 Å². The SMILES string of the molecule is Cc1ccc(-n2nc(C)c3sc(N4CCC[C@H](C(=O)N[C@H](C)CCc5ccccc5)C4)nc32)cc1. The molecule has 0 unspecified atom stereocenters. The molecule has 0 bridgehead atoms. The van der Waals surface area contributed by atoms with Gasteiger partial charge < -0.3 is 10.2 Å². The van der Waals surface area contributed by atoms with E-state index in [4.69, 9.17) is 10.1 Å². The molecule has 182 valence electrons. The summed E-state index contributed by atoms with van der Waals surface area (Å²) in [5.41, 5.74) is 5.44. The van der Waals surface area contributed by atoms with Gasteiger partial charge in [0.05, 0.1) is 22.0 Å². The van der Waals surface area contributed by atoms with E-state index in [1.807, 2.05) is 17.7 Å². The number of hydrogen-bond donors (Lipinski definition) is 1. The summed E-state index contributed by atoms with van der Waals surface area (Å²) in [7, 11) is 0. The van der Waals surface area contributed by atoms with Crippen molar-refractivity contribution in [2.75, 3.05) is 18.0 Å². The average molecular weight is 488 g/mol. The summed E-state index contributed by atoms with van der Waals surface area (Å²) in [6, 6.07) is 19.0. The molecule has 1 aliphatic heterocycles. The number of hydrogen-bond acceptors (Lipinski definition) is 5. The Balaban J connectivity index is 1.25. The Hall–Kier alpha value is -3.19. The number of fused-ring (bicyclic) bond motifs is 1. The number of carbonyl (C=O) groups is 1. The Morgan fingerprint density at radius 3 is 2.69 bits per heavy atom. The van der Waals surface area contributed by atoms with Crippen LogP contribution in [0.15, 0.2) is 54.6 Å². The molecule has 7 heteroatoms. The molecule has 1 aliphatic rings. The maximum absolute atomic E-state index is 13.1. The quantitative estimate of drug-likeness (QED) is 0.376. The molecule has 3 heterocycles. The maximum atomic E-state index is 13.1. The Labute approximate surface area is 211 Å². The van der Waals surface area contributed by atoms with Crippen LogP contribution >= 0.6 is 11.3 Å². The number of benzene rings is 2. The topological polar surface area (TPSA) is 63.1 Å². The fourth-order valence-electron chi connectivity index (χ4n) is 4.75. The monoisotopic (exact) mass is 487 g/mol. The van der Waals surface area contributed by atoms with E-state index >= 15 is 0 Å². The highest BCUT2D eigenvalue weighted by Crippen LogP contribution is 2.34. The van der Waals surface area contributed by atoms with Crippen molar-refractivity contribution in [3.05, 3.63) is 71.4 Å². The van der Waals surface area contributed by atoms with Gasteiger partial charge in [-0.25, -0.2) is 4.68 Å². The third kappa shape index (κ3) is 5.25. The molecule has 35 heavy (non-hydrogen) atoms. The van der Waals surface area contributed by atoms with Crippen LogP contribution in [0, 0.1) is 19.8 Å². The second-order valence-corrected chi connectivity index (χ2v) is 10.7. The Kier molecular flexibility index (Phi) is 6.86. The van der Waals surface area contributed by atoms with Gasteiger partial charge in [0.2, 0.25) is 5.91 Å². The van der Waals surface area contributed by atoms with Crippen LogP contribution < -0.4 is 10.2 Å². The Bertz CT molecular complexity index is 1290. The number of anilines is 1. The summed E-state index contributed by atoms with van der Waals surface area (Å²) in [5, 5.41) is 8.98. The van der Waals surface area contributed by atoms with Crippen LogP contribution in [0.1, 0.15) is 43.0 Å². The number of amides is 1. The van der Waals surface area contributed by atoms with E-state index in [1.54, 1.807) is 11.3 Å². The van der Waals surface area contributed by atoms with E-state index in [-0.39, 0.29) is 17.9 Å². The highest BCUT2D eigenvalue weighted by atomic mass is 32.1. The highest BCUT2D eigenvalue weighted by Gasteiger charge is 2.29. The zero-order chi connectivity index (χ0) is 24.4. The molecular formula is C28H33N5OS. The number of aryl methyl sites for hydroxylation is 3. The van der Waals surface area contributed by atoms with E-state index in [2.05, 4.69) is 72.6 Å². The van der Waals surface area contributed by atoms with Crippen LogP contribution in [0.3, 0.4) is 0 Å². The first-order chi connectivity index (χ1) is 17.0. The summed E-state index contributed by atoms with van der Waals surface area (Å²) < 4.78 is 3.05. The van der Waals surface area contributed by atoms with Crippen LogP contribution in [0.4, 0.5) is 5.13 Å². The summed E-state index contributed by atoms with van der Waals surface area (Å²) >= 11 is 1.68. The maximum Gasteiger partial charge on any atom is 0.225 e. The van der Waals surface area contributed by atoms with Crippen LogP contribution in [-0.2, 0) is 11.2 Å². The normalized spacial score (nSPS) is 17.0. The van der Waals surface area contributed by atoms with E-state index in [9.17, 15) is 4.79 Å². The van der Waals surface area contributed by atoms with Gasteiger partial charge in [-0.1, -0.05) is 59.4 Å². The third-order valence-electron chi connectivity index (χ3n) is 6.82. The zero-order valence-corrected chi connectivity index (χ0v) is 21.5. The number of nitrogens with zero attached hydrogens (tertiary/aromatic N) is 4. The van der Waals surface area contributed by atoms with Crippen molar-refractivity contribution in [1.82, 2.24) is 20.1 Å². The van der Waals surface area contributed by atoms with E-state index < -0.39 is 0 Å². The molecule has 1 amide bonds. The molecular weight excluding hydrogens is 454 g/mol. The van der Waals surface area contributed by atoms with E-state index in [0.717, 1.165) is 59.1 Å². The summed E-state index contributed by atoms with van der Waals surface area (Å²) in [6.45, 7) is 7.87. The van der Waals surface area contributed by atoms with Crippen molar-refractivity contribution < 1.29 is 4.79 Å². The molecule has 6 nitrogen and oxygen atoms in total. The lowest BCUT2D eigenvalue weighted by atomic mass is 9.96. The first-order valence-corrected chi connectivity index (χ1v) is 13.3. The minimum absolute atomic E-state index is 0.00960. The van der Waals surface area contributed by atoms with Crippen LogP contribution in [-0.4, -0.2) is 39.8 Å². The number of aromatic nitrogens is 3. The summed E-state index contributed by atoms with van der Waals surface area (Å²) in [5.74, 6) is 0.156. The molecule has 1 fully saturated rings. The molecule has 0 radical (unpaired) electrons. The Morgan fingerprint density at radius 1 is 1.14 bits per heavy atom. The van der Waals surface area contributed by atoms with E-state index in [0.29, 0.717) is 6.54 Å². The largest absolute Gasteiger partial charge is 0.353 e. The van der Waals surface area contributed by atoms with Crippen molar-refractivity contribution >= 4 is 32.7 Å². The van der Waals surface area contributed by atoms with Crippen molar-refractivity contribution in [3.8, 4) is 5.69 Å². The lowest BCUT2D eigenvalue weighted by Crippen LogP contribution is -2.45. The third-order valence-corrected chi connectivity index (χ3v) is 8.03. The van der Waals surface area contributed by atoms with Gasteiger partial charge >= 0.3 is 0 Å². The fraction of sp³-hybridized carbons (Fsp3) is 0.393. The molecule has 2 aromatic carbocycles. The van der Waals surface area contributed by atoms with Crippen molar-refractivity contribution in [2.45, 2.75) is 52.5 Å². The van der Waals surface area contributed by atoms with Gasteiger partial charge in [-0.2, -0.15) is 10.1 Å². The van der Waals surface area contributed by atoms with Crippen LogP contribution in [0.25, 0.3) is 16.0 Å². The fourth-order valence-corrected chi connectivity index (χ4v) is 5.77. The molecule has 1 N–H and O–H groups in total.